The summed E-state index contributed by atoms with van der Waals surface area (Å²) in [6.07, 6.45) is 0.271. The molecule has 0 spiro atoms. The second-order valence-electron chi connectivity index (χ2n) is 4.64. The van der Waals surface area contributed by atoms with Crippen LogP contribution in [0.5, 0.6) is 0 Å². The fraction of sp³-hybridized carbons (Fsp3) is 0.818. The Kier molecular flexibility index (Phi) is 7.30. The van der Waals surface area contributed by atoms with Crippen molar-refractivity contribution in [2.24, 2.45) is 0 Å². The van der Waals surface area contributed by atoms with Crippen LogP contribution in [0.1, 0.15) is 26.7 Å². The molecule has 0 saturated heterocycles. The first-order valence-electron chi connectivity index (χ1n) is 5.83. The Hall–Kier alpha value is -1.34. The lowest BCUT2D eigenvalue weighted by molar-refractivity contribution is -0.137. The van der Waals surface area contributed by atoms with Gasteiger partial charge in [-0.2, -0.15) is 0 Å². The second-order valence-corrected chi connectivity index (χ2v) is 4.64. The van der Waals surface area contributed by atoms with Gasteiger partial charge in [-0.25, -0.2) is 4.79 Å². The molecule has 0 aliphatic carbocycles. The van der Waals surface area contributed by atoms with E-state index >= 15 is 0 Å². The van der Waals surface area contributed by atoms with Crippen LogP contribution in [0.2, 0.25) is 0 Å². The molecule has 0 saturated carbocycles. The van der Waals surface area contributed by atoms with E-state index in [1.807, 2.05) is 0 Å². The molecule has 0 bridgehead atoms. The molecular weight excluding hydrogens is 240 g/mol. The number of hydrogen-bond acceptors (Lipinski definition) is 4. The van der Waals surface area contributed by atoms with Crippen molar-refractivity contribution in [3.05, 3.63) is 0 Å². The minimum Gasteiger partial charge on any atom is -0.481 e. The molecule has 0 unspecified atom stereocenters. The quantitative estimate of drug-likeness (QED) is 0.477. The molecule has 0 aliphatic heterocycles. The average molecular weight is 262 g/mol. The molecular formula is C11H22N2O5. The minimum atomic E-state index is -0.917. The molecule has 0 aromatic carbocycles. The number of nitrogens with zero attached hydrogens (tertiary/aromatic N) is 1. The third-order valence-electron chi connectivity index (χ3n) is 2.44. The lowest BCUT2D eigenvalue weighted by atomic mass is 9.99. The molecule has 2 amide bonds. The highest BCUT2D eigenvalue weighted by Gasteiger charge is 2.24. The largest absolute Gasteiger partial charge is 0.481 e. The first-order chi connectivity index (χ1) is 8.32. The number of aliphatic carboxylic acids is 1. The monoisotopic (exact) mass is 262 g/mol. The Morgan fingerprint density at radius 2 is 1.67 bits per heavy atom. The van der Waals surface area contributed by atoms with E-state index in [4.69, 9.17) is 15.3 Å². The van der Waals surface area contributed by atoms with Gasteiger partial charge in [-0.05, 0) is 20.3 Å². The van der Waals surface area contributed by atoms with E-state index in [2.05, 4.69) is 5.32 Å². The number of carbonyl (C=O) groups excluding carboxylic acids is 1. The minimum absolute atomic E-state index is 0.0344. The molecule has 0 radical (unpaired) electrons. The highest BCUT2D eigenvalue weighted by molar-refractivity contribution is 5.75. The summed E-state index contributed by atoms with van der Waals surface area (Å²) in [5, 5.41) is 28.9. The smallest absolute Gasteiger partial charge is 0.317 e. The van der Waals surface area contributed by atoms with Gasteiger partial charge in [0.15, 0.2) is 0 Å². The van der Waals surface area contributed by atoms with Crippen molar-refractivity contribution < 1.29 is 24.9 Å². The van der Waals surface area contributed by atoms with E-state index in [0.717, 1.165) is 0 Å². The van der Waals surface area contributed by atoms with Crippen LogP contribution in [-0.2, 0) is 4.79 Å². The number of rotatable bonds is 8. The zero-order valence-electron chi connectivity index (χ0n) is 10.8. The van der Waals surface area contributed by atoms with E-state index < -0.39 is 17.5 Å². The van der Waals surface area contributed by atoms with Crippen molar-refractivity contribution in [1.29, 1.82) is 0 Å². The van der Waals surface area contributed by atoms with E-state index in [0.29, 0.717) is 6.42 Å². The second kappa shape index (κ2) is 7.88. The molecule has 0 heterocycles. The number of carbonyl (C=O) groups is 2. The summed E-state index contributed by atoms with van der Waals surface area (Å²) < 4.78 is 0. The first-order valence-corrected chi connectivity index (χ1v) is 5.83. The van der Waals surface area contributed by atoms with Gasteiger partial charge in [-0.15, -0.1) is 0 Å². The lowest BCUT2D eigenvalue weighted by Gasteiger charge is -2.30. The summed E-state index contributed by atoms with van der Waals surface area (Å²) >= 11 is 0. The molecule has 4 N–H and O–H groups in total. The van der Waals surface area contributed by atoms with Crippen LogP contribution in [0.15, 0.2) is 0 Å². The van der Waals surface area contributed by atoms with Gasteiger partial charge in [0.25, 0.3) is 0 Å². The predicted molar refractivity (Wildman–Crippen MR) is 65.2 cm³/mol. The van der Waals surface area contributed by atoms with Gasteiger partial charge >= 0.3 is 12.0 Å². The van der Waals surface area contributed by atoms with E-state index in [1.54, 1.807) is 13.8 Å². The van der Waals surface area contributed by atoms with Gasteiger partial charge in [0.2, 0.25) is 0 Å². The molecule has 0 aliphatic rings. The van der Waals surface area contributed by atoms with Crippen molar-refractivity contribution in [3.63, 3.8) is 0 Å². The summed E-state index contributed by atoms with van der Waals surface area (Å²) in [7, 11) is 0. The Morgan fingerprint density at radius 3 is 2.06 bits per heavy atom. The highest BCUT2D eigenvalue weighted by atomic mass is 16.4. The number of nitrogens with one attached hydrogen (secondary N) is 1. The summed E-state index contributed by atoms with van der Waals surface area (Å²) in [4.78, 5) is 23.6. The van der Waals surface area contributed by atoms with Crippen LogP contribution in [-0.4, -0.2) is 64.1 Å². The molecule has 0 aromatic rings. The maximum absolute atomic E-state index is 11.8. The number of hydrogen-bond donors (Lipinski definition) is 4. The Labute approximate surface area is 106 Å². The molecule has 18 heavy (non-hydrogen) atoms. The van der Waals surface area contributed by atoms with Crippen LogP contribution in [0.25, 0.3) is 0 Å². The molecule has 7 heteroatoms. The third kappa shape index (κ3) is 7.08. The maximum Gasteiger partial charge on any atom is 0.317 e. The topological polar surface area (TPSA) is 110 Å². The summed E-state index contributed by atoms with van der Waals surface area (Å²) in [6.45, 7) is 3.32. The van der Waals surface area contributed by atoms with Crippen molar-refractivity contribution in [2.45, 2.75) is 32.2 Å². The van der Waals surface area contributed by atoms with Crippen LogP contribution < -0.4 is 5.32 Å². The number of carboxylic acids is 1. The van der Waals surface area contributed by atoms with Gasteiger partial charge in [0.1, 0.15) is 0 Å². The van der Waals surface area contributed by atoms with Gasteiger partial charge in [0, 0.05) is 25.0 Å². The zero-order valence-corrected chi connectivity index (χ0v) is 10.8. The Balaban J connectivity index is 4.35. The molecule has 0 aromatic heterocycles. The maximum atomic E-state index is 11.8. The lowest BCUT2D eigenvalue weighted by Crippen LogP contribution is -2.51. The van der Waals surface area contributed by atoms with Gasteiger partial charge in [-0.1, -0.05) is 0 Å². The average Bonchev–Trinajstić information content (AvgIpc) is 2.25. The van der Waals surface area contributed by atoms with Gasteiger partial charge in [-0.3, -0.25) is 4.79 Å². The number of aliphatic hydroxyl groups is 2. The fourth-order valence-electron chi connectivity index (χ4n) is 1.41. The number of carboxylic acid groups (broad SMARTS) is 1. The molecule has 106 valence electrons. The molecule has 0 rings (SSSR count). The standard InChI is InChI=1S/C11H22N2O5/c1-11(2,4-3-9(16)17)12-10(18)13(5-7-14)6-8-15/h14-15H,3-8H2,1-2H3,(H,12,18)(H,16,17). The van der Waals surface area contributed by atoms with Crippen LogP contribution in [0.4, 0.5) is 4.79 Å². The van der Waals surface area contributed by atoms with E-state index in [-0.39, 0.29) is 32.7 Å². The number of amides is 2. The normalized spacial score (nSPS) is 11.1. The van der Waals surface area contributed by atoms with Crippen LogP contribution >= 0.6 is 0 Å². The van der Waals surface area contributed by atoms with Gasteiger partial charge < -0.3 is 25.5 Å². The summed E-state index contributed by atoms with van der Waals surface area (Å²) in [6, 6.07) is -0.423. The van der Waals surface area contributed by atoms with E-state index in [1.165, 1.54) is 4.90 Å². The van der Waals surface area contributed by atoms with Crippen LogP contribution in [0, 0.1) is 0 Å². The van der Waals surface area contributed by atoms with E-state index in [9.17, 15) is 9.59 Å². The summed E-state index contributed by atoms with van der Waals surface area (Å²) in [5.41, 5.74) is -0.654. The first kappa shape index (κ1) is 16.7. The Bertz CT molecular complexity index is 275. The predicted octanol–water partition coefficient (Wildman–Crippen LogP) is -0.374. The highest BCUT2D eigenvalue weighted by Crippen LogP contribution is 2.11. The molecule has 0 fully saturated rings. The van der Waals surface area contributed by atoms with Crippen molar-refractivity contribution in [1.82, 2.24) is 10.2 Å². The summed E-state index contributed by atoms with van der Waals surface area (Å²) in [5.74, 6) is -0.917. The SMILES string of the molecule is CC(C)(CCC(=O)O)NC(=O)N(CCO)CCO. The molecule has 0 atom stereocenters. The number of aliphatic hydroxyl groups excluding tert-OH is 2. The molecule has 7 nitrogen and oxygen atoms in total. The number of urea groups is 1. The van der Waals surface area contributed by atoms with Crippen molar-refractivity contribution >= 4 is 12.0 Å². The van der Waals surface area contributed by atoms with Gasteiger partial charge in [0.05, 0.1) is 13.2 Å². The Morgan fingerprint density at radius 1 is 1.17 bits per heavy atom. The fourth-order valence-corrected chi connectivity index (χ4v) is 1.41. The van der Waals surface area contributed by atoms with Crippen molar-refractivity contribution in [3.8, 4) is 0 Å². The van der Waals surface area contributed by atoms with Crippen LogP contribution in [0.3, 0.4) is 0 Å². The third-order valence-corrected chi connectivity index (χ3v) is 2.44. The zero-order chi connectivity index (χ0) is 14.2. The van der Waals surface area contributed by atoms with Crippen molar-refractivity contribution in [2.75, 3.05) is 26.3 Å².